The Morgan fingerprint density at radius 1 is 1.29 bits per heavy atom. The van der Waals surface area contributed by atoms with Gasteiger partial charge in [-0.1, -0.05) is 24.3 Å². The van der Waals surface area contributed by atoms with Crippen LogP contribution in [-0.2, 0) is 6.42 Å². The van der Waals surface area contributed by atoms with Gasteiger partial charge in [-0.15, -0.1) is 11.3 Å². The summed E-state index contributed by atoms with van der Waals surface area (Å²) in [6, 6.07) is 8.53. The highest BCUT2D eigenvalue weighted by atomic mass is 32.1. The minimum absolute atomic E-state index is 0.849. The van der Waals surface area contributed by atoms with Crippen molar-refractivity contribution in [1.82, 2.24) is 4.98 Å². The van der Waals surface area contributed by atoms with Gasteiger partial charge in [-0.2, -0.15) is 0 Å². The van der Waals surface area contributed by atoms with Crippen LogP contribution in [0.25, 0.3) is 10.4 Å². The van der Waals surface area contributed by atoms with Gasteiger partial charge in [-0.05, 0) is 31.4 Å². The van der Waals surface area contributed by atoms with E-state index in [9.17, 15) is 0 Å². The Hall–Kier alpha value is -1.15. The van der Waals surface area contributed by atoms with Gasteiger partial charge in [-0.3, -0.25) is 0 Å². The zero-order valence-electron chi connectivity index (χ0n) is 8.16. The van der Waals surface area contributed by atoms with Crippen molar-refractivity contribution in [2.45, 2.75) is 13.3 Å². The first-order chi connectivity index (χ1) is 6.81. The van der Waals surface area contributed by atoms with Crippen LogP contribution in [0.1, 0.15) is 11.3 Å². The van der Waals surface area contributed by atoms with E-state index in [0.29, 0.717) is 0 Å². The van der Waals surface area contributed by atoms with E-state index in [1.807, 2.05) is 12.4 Å². The summed E-state index contributed by atoms with van der Waals surface area (Å²) in [7, 11) is 0. The number of aromatic nitrogens is 1. The van der Waals surface area contributed by atoms with E-state index in [0.717, 1.165) is 12.1 Å². The zero-order valence-corrected chi connectivity index (χ0v) is 8.97. The smallest absolute Gasteiger partial charge is 0.0801 e. The molecule has 0 amide bonds. The molecule has 0 aliphatic carbocycles. The minimum Gasteiger partial charge on any atom is -0.249 e. The molecule has 0 atom stereocenters. The molecule has 0 aliphatic rings. The summed E-state index contributed by atoms with van der Waals surface area (Å²) in [5.74, 6) is 0. The van der Waals surface area contributed by atoms with Crippen LogP contribution in [0.2, 0.25) is 0 Å². The Balaban J connectivity index is 2.39. The van der Waals surface area contributed by atoms with Gasteiger partial charge in [0.15, 0.2) is 0 Å². The molecule has 1 radical (unpaired) electrons. The molecule has 0 N–H and O–H groups in total. The minimum atomic E-state index is 0.849. The van der Waals surface area contributed by atoms with Crippen LogP contribution in [0.15, 0.2) is 29.8 Å². The molecule has 0 unspecified atom stereocenters. The molecule has 0 spiro atoms. The lowest BCUT2D eigenvalue weighted by molar-refractivity contribution is 1.26. The Kier molecular flexibility index (Phi) is 2.64. The highest BCUT2D eigenvalue weighted by molar-refractivity contribution is 7.13. The quantitative estimate of drug-likeness (QED) is 0.726. The van der Waals surface area contributed by atoms with Crippen molar-refractivity contribution < 1.29 is 0 Å². The van der Waals surface area contributed by atoms with Crippen molar-refractivity contribution in [2.24, 2.45) is 0 Å². The molecular weight excluding hydrogens is 190 g/mol. The van der Waals surface area contributed by atoms with Crippen LogP contribution >= 0.6 is 11.3 Å². The maximum Gasteiger partial charge on any atom is 0.0801 e. The number of hydrogen-bond acceptors (Lipinski definition) is 2. The first-order valence-electron chi connectivity index (χ1n) is 4.60. The van der Waals surface area contributed by atoms with Gasteiger partial charge in [0.25, 0.3) is 0 Å². The third-order valence-corrected chi connectivity index (χ3v) is 3.23. The Morgan fingerprint density at radius 2 is 2.00 bits per heavy atom. The summed E-state index contributed by atoms with van der Waals surface area (Å²) < 4.78 is 0. The molecule has 0 aliphatic heterocycles. The topological polar surface area (TPSA) is 12.9 Å². The maximum atomic E-state index is 4.24. The van der Waals surface area contributed by atoms with E-state index >= 15 is 0 Å². The normalized spacial score (nSPS) is 10.4. The molecule has 2 aromatic rings. The van der Waals surface area contributed by atoms with E-state index in [1.54, 1.807) is 11.3 Å². The zero-order chi connectivity index (χ0) is 9.97. The summed E-state index contributed by atoms with van der Waals surface area (Å²) in [5.41, 5.74) is 5.52. The fourth-order valence-corrected chi connectivity index (χ4v) is 2.21. The lowest BCUT2D eigenvalue weighted by Crippen LogP contribution is -1.81. The largest absolute Gasteiger partial charge is 0.249 e. The molecule has 0 saturated carbocycles. The average molecular weight is 202 g/mol. The van der Waals surface area contributed by atoms with Gasteiger partial charge in [0.2, 0.25) is 0 Å². The second-order valence-electron chi connectivity index (χ2n) is 3.21. The molecule has 71 valence electrons. The predicted molar refractivity (Wildman–Crippen MR) is 61.3 cm³/mol. The third kappa shape index (κ3) is 1.70. The molecule has 1 nitrogen and oxygen atoms in total. The van der Waals surface area contributed by atoms with Gasteiger partial charge < -0.3 is 0 Å². The molecule has 14 heavy (non-hydrogen) atoms. The lowest BCUT2D eigenvalue weighted by atomic mass is 10.1. The second kappa shape index (κ2) is 3.93. The van der Waals surface area contributed by atoms with Crippen molar-refractivity contribution in [3.63, 3.8) is 0 Å². The van der Waals surface area contributed by atoms with E-state index in [1.165, 1.54) is 16.0 Å². The van der Waals surface area contributed by atoms with Crippen molar-refractivity contribution in [2.75, 3.05) is 0 Å². The van der Waals surface area contributed by atoms with E-state index < -0.39 is 0 Å². The van der Waals surface area contributed by atoms with Gasteiger partial charge in [0, 0.05) is 0 Å². The molecule has 1 heterocycles. The first-order valence-corrected chi connectivity index (χ1v) is 5.48. The first kappa shape index (κ1) is 9.41. The van der Waals surface area contributed by atoms with Crippen molar-refractivity contribution in [3.05, 3.63) is 48.0 Å². The Morgan fingerprint density at radius 3 is 2.50 bits per heavy atom. The van der Waals surface area contributed by atoms with Crippen LogP contribution in [0.4, 0.5) is 0 Å². The van der Waals surface area contributed by atoms with Crippen LogP contribution in [-0.4, -0.2) is 4.98 Å². The Bertz CT molecular complexity index is 414. The molecule has 0 saturated heterocycles. The molecule has 2 rings (SSSR count). The lowest BCUT2D eigenvalue weighted by Gasteiger charge is -2.00. The summed E-state index contributed by atoms with van der Waals surface area (Å²) >= 11 is 1.69. The van der Waals surface area contributed by atoms with Gasteiger partial charge in [0.05, 0.1) is 16.1 Å². The second-order valence-corrected chi connectivity index (χ2v) is 4.07. The van der Waals surface area contributed by atoms with Crippen LogP contribution in [0.5, 0.6) is 0 Å². The van der Waals surface area contributed by atoms with Crippen molar-refractivity contribution in [3.8, 4) is 10.4 Å². The van der Waals surface area contributed by atoms with Gasteiger partial charge in [-0.25, -0.2) is 4.98 Å². The molecule has 1 aromatic heterocycles. The van der Waals surface area contributed by atoms with Gasteiger partial charge >= 0.3 is 0 Å². The predicted octanol–water partition coefficient (Wildman–Crippen LogP) is 3.50. The van der Waals surface area contributed by atoms with Crippen molar-refractivity contribution >= 4 is 11.3 Å². The highest BCUT2D eigenvalue weighted by Gasteiger charge is 2.03. The molecule has 0 bridgehead atoms. The maximum absolute atomic E-state index is 4.24. The molecular formula is C12H12NS. The van der Waals surface area contributed by atoms with Crippen LogP contribution in [0, 0.1) is 13.8 Å². The standard InChI is InChI=1S/C12H12NS/c1-3-10-4-6-11(7-5-10)12-9(2)13-8-14-12/h4-8H,1,3H2,2H3. The number of rotatable bonds is 2. The summed E-state index contributed by atoms with van der Waals surface area (Å²) in [4.78, 5) is 5.51. The van der Waals surface area contributed by atoms with Crippen molar-refractivity contribution in [1.29, 1.82) is 0 Å². The molecule has 0 fully saturated rings. The monoisotopic (exact) mass is 202 g/mol. The van der Waals surface area contributed by atoms with Gasteiger partial charge in [0.1, 0.15) is 0 Å². The number of aryl methyl sites for hydroxylation is 1. The van der Waals surface area contributed by atoms with E-state index in [2.05, 4.69) is 36.2 Å². The Labute approximate surface area is 88.4 Å². The molecule has 2 heteroatoms. The third-order valence-electron chi connectivity index (χ3n) is 2.25. The number of thiazole rings is 1. The SMILES string of the molecule is [CH2]Cc1ccc(-c2scnc2C)cc1. The molecule has 1 aromatic carbocycles. The van der Waals surface area contributed by atoms with Crippen LogP contribution < -0.4 is 0 Å². The van der Waals surface area contributed by atoms with E-state index in [-0.39, 0.29) is 0 Å². The fourth-order valence-electron chi connectivity index (χ4n) is 1.40. The highest BCUT2D eigenvalue weighted by Crippen LogP contribution is 2.27. The van der Waals surface area contributed by atoms with E-state index in [4.69, 9.17) is 0 Å². The summed E-state index contributed by atoms with van der Waals surface area (Å²) in [5, 5.41) is 0. The summed E-state index contributed by atoms with van der Waals surface area (Å²) in [6.07, 6.45) is 0.849. The number of hydrogen-bond donors (Lipinski definition) is 0. The fraction of sp³-hybridized carbons (Fsp3) is 0.167. The number of benzene rings is 1. The number of nitrogens with zero attached hydrogens (tertiary/aromatic N) is 1. The average Bonchev–Trinajstić information content (AvgIpc) is 2.65. The van der Waals surface area contributed by atoms with Crippen LogP contribution in [0.3, 0.4) is 0 Å². The summed E-state index contributed by atoms with van der Waals surface area (Å²) in [6.45, 7) is 5.90.